The summed E-state index contributed by atoms with van der Waals surface area (Å²) in [6, 6.07) is 8.92. The van der Waals surface area contributed by atoms with E-state index in [1.807, 2.05) is 0 Å². The lowest BCUT2D eigenvalue weighted by molar-refractivity contribution is 0.0391. The van der Waals surface area contributed by atoms with Gasteiger partial charge in [0.05, 0.1) is 5.60 Å². The van der Waals surface area contributed by atoms with E-state index in [-0.39, 0.29) is 5.60 Å². The standard InChI is InChI=1S/C17H26O/c1-2-3-7-15-8-6-9-16(14-15)10-13-17(18)11-4-5-12-17/h6,8-9,14,18H,2-5,7,10-13H2,1H3. The maximum Gasteiger partial charge on any atom is 0.0651 e. The van der Waals surface area contributed by atoms with Gasteiger partial charge in [-0.1, -0.05) is 50.5 Å². The Hall–Kier alpha value is -0.820. The van der Waals surface area contributed by atoms with Crippen molar-refractivity contribution in [2.45, 2.75) is 70.3 Å². The van der Waals surface area contributed by atoms with Crippen molar-refractivity contribution in [3.63, 3.8) is 0 Å². The van der Waals surface area contributed by atoms with E-state index < -0.39 is 0 Å². The Balaban J connectivity index is 1.88. The zero-order valence-corrected chi connectivity index (χ0v) is 11.6. The van der Waals surface area contributed by atoms with Crippen molar-refractivity contribution in [3.05, 3.63) is 35.4 Å². The topological polar surface area (TPSA) is 20.2 Å². The molecule has 1 N–H and O–H groups in total. The normalized spacial score (nSPS) is 18.1. The molecule has 1 heteroatoms. The zero-order chi connectivity index (χ0) is 12.8. The number of hydrogen-bond acceptors (Lipinski definition) is 1. The van der Waals surface area contributed by atoms with Crippen molar-refractivity contribution in [3.8, 4) is 0 Å². The van der Waals surface area contributed by atoms with Crippen molar-refractivity contribution in [2.75, 3.05) is 0 Å². The molecule has 0 spiro atoms. The van der Waals surface area contributed by atoms with E-state index in [0.29, 0.717) is 0 Å². The largest absolute Gasteiger partial charge is 0.390 e. The van der Waals surface area contributed by atoms with Crippen molar-refractivity contribution in [1.82, 2.24) is 0 Å². The van der Waals surface area contributed by atoms with Crippen LogP contribution >= 0.6 is 0 Å². The Kier molecular flexibility index (Phi) is 4.82. The van der Waals surface area contributed by atoms with Gasteiger partial charge in [-0.25, -0.2) is 0 Å². The molecule has 0 atom stereocenters. The lowest BCUT2D eigenvalue weighted by Gasteiger charge is -2.21. The Morgan fingerprint density at radius 2 is 1.78 bits per heavy atom. The summed E-state index contributed by atoms with van der Waals surface area (Å²) in [5, 5.41) is 10.4. The summed E-state index contributed by atoms with van der Waals surface area (Å²) in [6.45, 7) is 2.24. The van der Waals surface area contributed by atoms with Gasteiger partial charge in [0, 0.05) is 0 Å². The summed E-state index contributed by atoms with van der Waals surface area (Å²) >= 11 is 0. The summed E-state index contributed by atoms with van der Waals surface area (Å²) in [7, 11) is 0. The van der Waals surface area contributed by atoms with Crippen LogP contribution < -0.4 is 0 Å². The van der Waals surface area contributed by atoms with Gasteiger partial charge < -0.3 is 5.11 Å². The molecule has 0 heterocycles. The van der Waals surface area contributed by atoms with Crippen LogP contribution in [-0.4, -0.2) is 10.7 Å². The monoisotopic (exact) mass is 246 g/mol. The highest BCUT2D eigenvalue weighted by atomic mass is 16.3. The van der Waals surface area contributed by atoms with E-state index in [4.69, 9.17) is 0 Å². The van der Waals surface area contributed by atoms with Gasteiger partial charge in [0.15, 0.2) is 0 Å². The molecule has 1 aliphatic rings. The van der Waals surface area contributed by atoms with Gasteiger partial charge in [0.1, 0.15) is 0 Å². The van der Waals surface area contributed by atoms with Gasteiger partial charge >= 0.3 is 0 Å². The van der Waals surface area contributed by atoms with E-state index >= 15 is 0 Å². The van der Waals surface area contributed by atoms with Crippen LogP contribution in [0.4, 0.5) is 0 Å². The Bertz CT molecular complexity index is 364. The molecule has 100 valence electrons. The van der Waals surface area contributed by atoms with Crippen LogP contribution in [0.3, 0.4) is 0 Å². The highest BCUT2D eigenvalue weighted by Crippen LogP contribution is 2.33. The Morgan fingerprint density at radius 1 is 1.11 bits per heavy atom. The molecule has 1 saturated carbocycles. The van der Waals surface area contributed by atoms with Crippen molar-refractivity contribution < 1.29 is 5.11 Å². The summed E-state index contributed by atoms with van der Waals surface area (Å²) in [4.78, 5) is 0. The minimum atomic E-state index is -0.362. The van der Waals surface area contributed by atoms with Crippen LogP contribution in [0.15, 0.2) is 24.3 Å². The van der Waals surface area contributed by atoms with Crippen LogP contribution in [0.25, 0.3) is 0 Å². The lowest BCUT2D eigenvalue weighted by atomic mass is 9.92. The maximum atomic E-state index is 10.4. The number of aliphatic hydroxyl groups is 1. The molecular weight excluding hydrogens is 220 g/mol. The molecule has 0 aliphatic heterocycles. The zero-order valence-electron chi connectivity index (χ0n) is 11.6. The predicted molar refractivity (Wildman–Crippen MR) is 76.8 cm³/mol. The Labute approximate surface area is 111 Å². The second kappa shape index (κ2) is 6.38. The highest BCUT2D eigenvalue weighted by molar-refractivity contribution is 5.24. The highest BCUT2D eigenvalue weighted by Gasteiger charge is 2.30. The fraction of sp³-hybridized carbons (Fsp3) is 0.647. The van der Waals surface area contributed by atoms with E-state index in [1.54, 1.807) is 0 Å². The van der Waals surface area contributed by atoms with Crippen molar-refractivity contribution >= 4 is 0 Å². The quantitative estimate of drug-likeness (QED) is 0.795. The SMILES string of the molecule is CCCCc1cccc(CCC2(O)CCCC2)c1. The van der Waals surface area contributed by atoms with E-state index in [2.05, 4.69) is 31.2 Å². The fourth-order valence-electron chi connectivity index (χ4n) is 2.98. The first-order valence-electron chi connectivity index (χ1n) is 7.52. The maximum absolute atomic E-state index is 10.4. The average Bonchev–Trinajstić information content (AvgIpc) is 2.82. The third-order valence-electron chi connectivity index (χ3n) is 4.22. The van der Waals surface area contributed by atoms with Crippen molar-refractivity contribution in [1.29, 1.82) is 0 Å². The van der Waals surface area contributed by atoms with E-state index in [1.165, 1.54) is 43.2 Å². The number of hydrogen-bond donors (Lipinski definition) is 1. The van der Waals surface area contributed by atoms with Gasteiger partial charge in [-0.05, 0) is 49.7 Å². The molecule has 0 saturated heterocycles. The molecule has 0 unspecified atom stereocenters. The summed E-state index contributed by atoms with van der Waals surface area (Å²) < 4.78 is 0. The fourth-order valence-corrected chi connectivity index (χ4v) is 2.98. The molecule has 1 nitrogen and oxygen atoms in total. The number of unbranched alkanes of at least 4 members (excludes halogenated alkanes) is 1. The van der Waals surface area contributed by atoms with Gasteiger partial charge in [-0.3, -0.25) is 0 Å². The smallest absolute Gasteiger partial charge is 0.0651 e. The summed E-state index contributed by atoms with van der Waals surface area (Å²) in [5.41, 5.74) is 2.48. The first kappa shape index (κ1) is 13.6. The number of rotatable bonds is 6. The molecule has 1 fully saturated rings. The average molecular weight is 246 g/mol. The molecule has 1 aliphatic carbocycles. The molecule has 2 rings (SSSR count). The third-order valence-corrected chi connectivity index (χ3v) is 4.22. The van der Waals surface area contributed by atoms with Crippen LogP contribution in [-0.2, 0) is 12.8 Å². The first-order chi connectivity index (χ1) is 8.72. The van der Waals surface area contributed by atoms with Gasteiger partial charge in [0.25, 0.3) is 0 Å². The van der Waals surface area contributed by atoms with Gasteiger partial charge in [-0.15, -0.1) is 0 Å². The minimum absolute atomic E-state index is 0.362. The minimum Gasteiger partial charge on any atom is -0.390 e. The Morgan fingerprint density at radius 3 is 2.44 bits per heavy atom. The molecular formula is C17H26O. The molecule has 1 aromatic carbocycles. The van der Waals surface area contributed by atoms with Crippen LogP contribution in [0.5, 0.6) is 0 Å². The number of benzene rings is 1. The second-order valence-electron chi connectivity index (χ2n) is 5.85. The number of aryl methyl sites for hydroxylation is 2. The van der Waals surface area contributed by atoms with Gasteiger partial charge in [-0.2, -0.15) is 0 Å². The molecule has 18 heavy (non-hydrogen) atoms. The molecule has 0 radical (unpaired) electrons. The molecule has 0 bridgehead atoms. The van der Waals surface area contributed by atoms with Crippen LogP contribution in [0.2, 0.25) is 0 Å². The molecule has 0 amide bonds. The third kappa shape index (κ3) is 3.84. The van der Waals surface area contributed by atoms with Crippen LogP contribution in [0.1, 0.15) is 63.0 Å². The summed E-state index contributed by atoms with van der Waals surface area (Å²) in [6.07, 6.45) is 10.1. The molecule has 0 aromatic heterocycles. The predicted octanol–water partition coefficient (Wildman–Crippen LogP) is 4.27. The summed E-state index contributed by atoms with van der Waals surface area (Å²) in [5.74, 6) is 0. The second-order valence-corrected chi connectivity index (χ2v) is 5.85. The van der Waals surface area contributed by atoms with Crippen LogP contribution in [0, 0.1) is 0 Å². The van der Waals surface area contributed by atoms with E-state index in [0.717, 1.165) is 25.7 Å². The van der Waals surface area contributed by atoms with E-state index in [9.17, 15) is 5.11 Å². The van der Waals surface area contributed by atoms with Crippen molar-refractivity contribution in [2.24, 2.45) is 0 Å². The molecule has 1 aromatic rings. The van der Waals surface area contributed by atoms with Gasteiger partial charge in [0.2, 0.25) is 0 Å². The lowest BCUT2D eigenvalue weighted by Crippen LogP contribution is -2.24. The first-order valence-corrected chi connectivity index (χ1v) is 7.52.